The minimum Gasteiger partial charge on any atom is -0.378 e. The van der Waals surface area contributed by atoms with Gasteiger partial charge in [-0.25, -0.2) is 4.98 Å². The summed E-state index contributed by atoms with van der Waals surface area (Å²) in [6, 6.07) is 0.247. The largest absolute Gasteiger partial charge is 0.378 e. The fraction of sp³-hybridized carbons (Fsp3) is 0.733. The number of nitrogens with zero attached hydrogens (tertiary/aromatic N) is 2. The zero-order valence-electron chi connectivity index (χ0n) is 11.9. The van der Waals surface area contributed by atoms with Gasteiger partial charge < -0.3 is 14.6 Å². The Morgan fingerprint density at radius 3 is 3.25 bits per heavy atom. The normalized spacial score (nSPS) is 26.0. The van der Waals surface area contributed by atoms with Gasteiger partial charge in [0.2, 0.25) is 5.91 Å². The molecule has 2 aliphatic rings. The summed E-state index contributed by atoms with van der Waals surface area (Å²) in [4.78, 5) is 16.3. The molecule has 0 bridgehead atoms. The molecule has 0 saturated carbocycles. The molecule has 0 radical (unpaired) electrons. The Morgan fingerprint density at radius 2 is 2.40 bits per heavy atom. The molecule has 2 aliphatic heterocycles. The third-order valence-corrected chi connectivity index (χ3v) is 4.27. The van der Waals surface area contributed by atoms with E-state index < -0.39 is 0 Å². The molecule has 2 atom stereocenters. The van der Waals surface area contributed by atoms with Crippen molar-refractivity contribution in [2.45, 2.75) is 63.6 Å². The number of aromatic nitrogens is 2. The number of fused-ring (bicyclic) bond motifs is 1. The fourth-order valence-corrected chi connectivity index (χ4v) is 3.11. The van der Waals surface area contributed by atoms with E-state index in [2.05, 4.69) is 14.9 Å². The molecule has 20 heavy (non-hydrogen) atoms. The van der Waals surface area contributed by atoms with Crippen molar-refractivity contribution in [2.75, 3.05) is 6.61 Å². The Kier molecular flexibility index (Phi) is 4.35. The summed E-state index contributed by atoms with van der Waals surface area (Å²) in [6.07, 6.45) is 11.0. The van der Waals surface area contributed by atoms with Gasteiger partial charge in [0.05, 0.1) is 6.10 Å². The minimum absolute atomic E-state index is 0.160. The smallest absolute Gasteiger partial charge is 0.220 e. The highest BCUT2D eigenvalue weighted by Crippen LogP contribution is 2.17. The zero-order chi connectivity index (χ0) is 13.8. The van der Waals surface area contributed by atoms with Gasteiger partial charge in [-0.1, -0.05) is 0 Å². The van der Waals surface area contributed by atoms with E-state index in [0.29, 0.717) is 12.5 Å². The highest BCUT2D eigenvalue weighted by Gasteiger charge is 2.21. The Labute approximate surface area is 119 Å². The molecule has 1 N–H and O–H groups in total. The van der Waals surface area contributed by atoms with E-state index in [4.69, 9.17) is 4.74 Å². The lowest BCUT2D eigenvalue weighted by Gasteiger charge is -2.26. The van der Waals surface area contributed by atoms with Gasteiger partial charge in [-0.3, -0.25) is 4.79 Å². The predicted octanol–water partition coefficient (Wildman–Crippen LogP) is 1.66. The van der Waals surface area contributed by atoms with Crippen molar-refractivity contribution in [2.24, 2.45) is 0 Å². The maximum Gasteiger partial charge on any atom is 0.220 e. The molecular weight excluding hydrogens is 254 g/mol. The molecule has 0 aromatic carbocycles. The molecule has 110 valence electrons. The van der Waals surface area contributed by atoms with Crippen molar-refractivity contribution in [1.82, 2.24) is 14.9 Å². The second-order valence-electron chi connectivity index (χ2n) is 5.83. The third-order valence-electron chi connectivity index (χ3n) is 4.27. The van der Waals surface area contributed by atoms with Crippen LogP contribution in [0.2, 0.25) is 0 Å². The first-order valence-electron chi connectivity index (χ1n) is 7.72. The number of carbonyl (C=O) groups excluding carboxylic acids is 1. The number of ether oxygens (including phenoxy) is 1. The fourth-order valence-electron chi connectivity index (χ4n) is 3.11. The van der Waals surface area contributed by atoms with Gasteiger partial charge in [0.1, 0.15) is 5.82 Å². The van der Waals surface area contributed by atoms with Gasteiger partial charge in [-0.15, -0.1) is 0 Å². The van der Waals surface area contributed by atoms with E-state index in [1.165, 1.54) is 6.42 Å². The predicted molar refractivity (Wildman–Crippen MR) is 75.3 cm³/mol. The quantitative estimate of drug-likeness (QED) is 0.910. The summed E-state index contributed by atoms with van der Waals surface area (Å²) in [5.41, 5.74) is 0. The molecule has 3 heterocycles. The third kappa shape index (κ3) is 3.39. The maximum absolute atomic E-state index is 12.0. The summed E-state index contributed by atoms with van der Waals surface area (Å²) < 4.78 is 7.80. The van der Waals surface area contributed by atoms with E-state index in [9.17, 15) is 4.79 Å². The van der Waals surface area contributed by atoms with Gasteiger partial charge >= 0.3 is 0 Å². The molecule has 0 aliphatic carbocycles. The summed E-state index contributed by atoms with van der Waals surface area (Å²) in [6.45, 7) is 1.71. The molecule has 1 amide bonds. The molecule has 5 nitrogen and oxygen atoms in total. The Bertz CT molecular complexity index is 452. The summed E-state index contributed by atoms with van der Waals surface area (Å²) in [5.74, 6) is 1.29. The SMILES string of the molecule is O=C(CC[C@H]1CCCCO1)N[C@H]1CCc2nccn2C1. The van der Waals surface area contributed by atoms with Crippen LogP contribution >= 0.6 is 0 Å². The van der Waals surface area contributed by atoms with Gasteiger partial charge in [-0.2, -0.15) is 0 Å². The van der Waals surface area contributed by atoms with Crippen molar-refractivity contribution >= 4 is 5.91 Å². The topological polar surface area (TPSA) is 56.1 Å². The number of aryl methyl sites for hydroxylation is 1. The number of hydrogen-bond acceptors (Lipinski definition) is 3. The highest BCUT2D eigenvalue weighted by molar-refractivity contribution is 5.76. The number of imidazole rings is 1. The van der Waals surface area contributed by atoms with Crippen molar-refractivity contribution in [1.29, 1.82) is 0 Å². The van der Waals surface area contributed by atoms with Crippen LogP contribution in [-0.4, -0.2) is 34.2 Å². The summed E-state index contributed by atoms with van der Waals surface area (Å²) >= 11 is 0. The van der Waals surface area contributed by atoms with E-state index in [1.807, 2.05) is 12.4 Å². The van der Waals surface area contributed by atoms with Crippen LogP contribution in [0.1, 0.15) is 44.3 Å². The van der Waals surface area contributed by atoms with Crippen molar-refractivity contribution < 1.29 is 9.53 Å². The number of nitrogens with one attached hydrogen (secondary N) is 1. The average molecular weight is 277 g/mol. The summed E-state index contributed by atoms with van der Waals surface area (Å²) in [5, 5.41) is 3.15. The zero-order valence-corrected chi connectivity index (χ0v) is 11.9. The van der Waals surface area contributed by atoms with Gasteiger partial charge in [0, 0.05) is 44.4 Å². The van der Waals surface area contributed by atoms with Crippen molar-refractivity contribution in [3.63, 3.8) is 0 Å². The molecule has 0 spiro atoms. The van der Waals surface area contributed by atoms with Crippen molar-refractivity contribution in [3.05, 3.63) is 18.2 Å². The maximum atomic E-state index is 12.0. The standard InChI is InChI=1S/C15H23N3O2/c19-15(7-5-13-3-1-2-10-20-13)17-12-4-6-14-16-8-9-18(14)11-12/h8-9,12-13H,1-7,10-11H2,(H,17,19)/t12-,13+/m0/s1. The molecule has 0 unspecified atom stereocenters. The van der Waals surface area contributed by atoms with Crippen LogP contribution in [0.4, 0.5) is 0 Å². The summed E-state index contributed by atoms with van der Waals surface area (Å²) in [7, 11) is 0. The van der Waals surface area contributed by atoms with E-state index in [-0.39, 0.29) is 11.9 Å². The Balaban J connectivity index is 1.41. The Hall–Kier alpha value is -1.36. The van der Waals surface area contributed by atoms with Crippen LogP contribution in [-0.2, 0) is 22.5 Å². The molecule has 5 heteroatoms. The monoisotopic (exact) mass is 277 g/mol. The number of carbonyl (C=O) groups is 1. The molecule has 1 aromatic heterocycles. The average Bonchev–Trinajstić information content (AvgIpc) is 2.94. The van der Waals surface area contributed by atoms with E-state index in [0.717, 1.165) is 51.1 Å². The first kappa shape index (κ1) is 13.6. The number of rotatable bonds is 4. The molecule has 3 rings (SSSR count). The van der Waals surface area contributed by atoms with E-state index in [1.54, 1.807) is 0 Å². The van der Waals surface area contributed by atoms with Gasteiger partial charge in [-0.05, 0) is 32.1 Å². The first-order valence-corrected chi connectivity index (χ1v) is 7.72. The van der Waals surface area contributed by atoms with Crippen LogP contribution in [0.25, 0.3) is 0 Å². The minimum atomic E-state index is 0.160. The van der Waals surface area contributed by atoms with E-state index >= 15 is 0 Å². The van der Waals surface area contributed by atoms with Gasteiger partial charge in [0.15, 0.2) is 0 Å². The lowest BCUT2D eigenvalue weighted by Crippen LogP contribution is -2.41. The molecule has 1 fully saturated rings. The second kappa shape index (κ2) is 6.39. The second-order valence-corrected chi connectivity index (χ2v) is 5.83. The van der Waals surface area contributed by atoms with Crippen LogP contribution in [0.5, 0.6) is 0 Å². The molecule has 1 saturated heterocycles. The molecular formula is C15H23N3O2. The van der Waals surface area contributed by atoms with Gasteiger partial charge in [0.25, 0.3) is 0 Å². The van der Waals surface area contributed by atoms with Crippen LogP contribution < -0.4 is 5.32 Å². The number of amides is 1. The molecule has 1 aromatic rings. The van der Waals surface area contributed by atoms with Crippen molar-refractivity contribution in [3.8, 4) is 0 Å². The first-order chi connectivity index (χ1) is 9.81. The van der Waals surface area contributed by atoms with Crippen LogP contribution in [0.3, 0.4) is 0 Å². The lowest BCUT2D eigenvalue weighted by atomic mass is 10.0. The Morgan fingerprint density at radius 1 is 1.45 bits per heavy atom. The lowest BCUT2D eigenvalue weighted by molar-refractivity contribution is -0.123. The number of hydrogen-bond donors (Lipinski definition) is 1. The highest BCUT2D eigenvalue weighted by atomic mass is 16.5. The van der Waals surface area contributed by atoms with Crippen LogP contribution in [0, 0.1) is 0 Å². The van der Waals surface area contributed by atoms with Crippen LogP contribution in [0.15, 0.2) is 12.4 Å².